The van der Waals surface area contributed by atoms with Crippen molar-refractivity contribution in [3.05, 3.63) is 35.9 Å². The Balaban J connectivity index is 1.80. The summed E-state index contributed by atoms with van der Waals surface area (Å²) in [6.07, 6.45) is 1.35. The van der Waals surface area contributed by atoms with Crippen molar-refractivity contribution in [2.75, 3.05) is 13.1 Å². The third-order valence-corrected chi connectivity index (χ3v) is 4.43. The molecule has 0 spiro atoms. The molecule has 134 valence electrons. The smallest absolute Gasteiger partial charge is 0.315 e. The van der Waals surface area contributed by atoms with Crippen LogP contribution in [0.1, 0.15) is 39.2 Å². The van der Waals surface area contributed by atoms with Crippen LogP contribution < -0.4 is 10.6 Å². The highest BCUT2D eigenvalue weighted by Gasteiger charge is 2.31. The summed E-state index contributed by atoms with van der Waals surface area (Å²) in [6.45, 7) is 8.35. The van der Waals surface area contributed by atoms with Crippen molar-refractivity contribution >= 4 is 6.03 Å². The van der Waals surface area contributed by atoms with Crippen LogP contribution in [0.2, 0.25) is 0 Å². The molecule has 3 unspecified atom stereocenters. The highest BCUT2D eigenvalue weighted by atomic mass is 16.3. The van der Waals surface area contributed by atoms with Crippen molar-refractivity contribution in [3.63, 3.8) is 0 Å². The standard InChI is InChI=1S/C19H31N3O2/c1-14(2)9-15(3)21-19(24)20-11-17-10-18(23)13-22(17)12-16-7-5-4-6-8-16/h4-8,14-15,17-18,23H,9-13H2,1-3H3,(H2,20,21,24). The average molecular weight is 333 g/mol. The highest BCUT2D eigenvalue weighted by Crippen LogP contribution is 2.20. The number of carbonyl (C=O) groups is 1. The first-order chi connectivity index (χ1) is 11.4. The van der Waals surface area contributed by atoms with E-state index in [0.717, 1.165) is 13.0 Å². The van der Waals surface area contributed by atoms with E-state index in [1.165, 1.54) is 5.56 Å². The fourth-order valence-corrected chi connectivity index (χ4v) is 3.43. The van der Waals surface area contributed by atoms with Gasteiger partial charge in [0.15, 0.2) is 0 Å². The van der Waals surface area contributed by atoms with Gasteiger partial charge in [-0.2, -0.15) is 0 Å². The number of aliphatic hydroxyl groups excluding tert-OH is 1. The quantitative estimate of drug-likeness (QED) is 0.718. The molecule has 0 bridgehead atoms. The Labute approximate surface area is 145 Å². The number of aliphatic hydroxyl groups is 1. The molecule has 24 heavy (non-hydrogen) atoms. The summed E-state index contributed by atoms with van der Waals surface area (Å²) in [5, 5.41) is 15.9. The molecule has 1 saturated heterocycles. The number of β-amino-alcohol motifs (C(OH)–C–C–N with tert-alkyl or cyclic N) is 1. The minimum atomic E-state index is -0.316. The Morgan fingerprint density at radius 2 is 2.00 bits per heavy atom. The molecule has 5 heteroatoms. The number of urea groups is 1. The van der Waals surface area contributed by atoms with E-state index in [1.807, 2.05) is 25.1 Å². The van der Waals surface area contributed by atoms with Crippen LogP contribution in [0.3, 0.4) is 0 Å². The predicted molar refractivity (Wildman–Crippen MR) is 96.7 cm³/mol. The number of nitrogens with zero attached hydrogens (tertiary/aromatic N) is 1. The Morgan fingerprint density at radius 1 is 1.29 bits per heavy atom. The minimum Gasteiger partial charge on any atom is -0.392 e. The van der Waals surface area contributed by atoms with Gasteiger partial charge < -0.3 is 15.7 Å². The largest absolute Gasteiger partial charge is 0.392 e. The number of carbonyl (C=O) groups excluding carboxylic acids is 1. The van der Waals surface area contributed by atoms with Crippen LogP contribution in [0, 0.1) is 5.92 Å². The fraction of sp³-hybridized carbons (Fsp3) is 0.632. The van der Waals surface area contributed by atoms with Crippen molar-refractivity contribution in [1.82, 2.24) is 15.5 Å². The van der Waals surface area contributed by atoms with E-state index >= 15 is 0 Å². The van der Waals surface area contributed by atoms with E-state index in [4.69, 9.17) is 0 Å². The van der Waals surface area contributed by atoms with Crippen molar-refractivity contribution in [2.45, 2.75) is 58.3 Å². The van der Waals surface area contributed by atoms with Crippen LogP contribution in [-0.2, 0) is 6.54 Å². The van der Waals surface area contributed by atoms with Gasteiger partial charge in [0.2, 0.25) is 0 Å². The second-order valence-electron chi connectivity index (χ2n) is 7.34. The average Bonchev–Trinajstić information content (AvgIpc) is 2.85. The molecule has 0 aliphatic carbocycles. The lowest BCUT2D eigenvalue weighted by Crippen LogP contribution is -2.46. The number of hydrogen-bond donors (Lipinski definition) is 3. The number of amides is 2. The van der Waals surface area contributed by atoms with E-state index in [0.29, 0.717) is 25.4 Å². The summed E-state index contributed by atoms with van der Waals surface area (Å²) < 4.78 is 0. The van der Waals surface area contributed by atoms with Gasteiger partial charge in [-0.25, -0.2) is 4.79 Å². The van der Waals surface area contributed by atoms with Crippen molar-refractivity contribution < 1.29 is 9.90 Å². The molecule has 2 amide bonds. The van der Waals surface area contributed by atoms with Gasteiger partial charge in [-0.3, -0.25) is 4.90 Å². The van der Waals surface area contributed by atoms with Gasteiger partial charge in [0.1, 0.15) is 0 Å². The molecule has 0 aromatic heterocycles. The first kappa shape index (κ1) is 18.7. The Morgan fingerprint density at radius 3 is 2.67 bits per heavy atom. The van der Waals surface area contributed by atoms with Crippen LogP contribution in [-0.4, -0.2) is 47.3 Å². The van der Waals surface area contributed by atoms with Crippen LogP contribution in [0.25, 0.3) is 0 Å². The first-order valence-corrected chi connectivity index (χ1v) is 8.94. The van der Waals surface area contributed by atoms with E-state index < -0.39 is 0 Å². The van der Waals surface area contributed by atoms with Gasteiger partial charge in [-0.1, -0.05) is 44.2 Å². The molecular weight excluding hydrogens is 302 g/mol. The van der Waals surface area contributed by atoms with E-state index in [2.05, 4.69) is 41.5 Å². The lowest BCUT2D eigenvalue weighted by atomic mass is 10.1. The SMILES string of the molecule is CC(C)CC(C)NC(=O)NCC1CC(O)CN1Cc1ccccc1. The zero-order chi connectivity index (χ0) is 17.5. The van der Waals surface area contributed by atoms with Crippen molar-refractivity contribution in [3.8, 4) is 0 Å². The summed E-state index contributed by atoms with van der Waals surface area (Å²) in [5.41, 5.74) is 1.23. The monoisotopic (exact) mass is 333 g/mol. The van der Waals surface area contributed by atoms with Gasteiger partial charge >= 0.3 is 6.03 Å². The molecule has 5 nitrogen and oxygen atoms in total. The number of hydrogen-bond acceptors (Lipinski definition) is 3. The normalized spacial score (nSPS) is 22.5. The second kappa shape index (κ2) is 9.04. The van der Waals surface area contributed by atoms with Gasteiger partial charge in [0.05, 0.1) is 6.10 Å². The zero-order valence-electron chi connectivity index (χ0n) is 15.0. The Bertz CT molecular complexity index is 507. The summed E-state index contributed by atoms with van der Waals surface area (Å²) in [6, 6.07) is 10.5. The van der Waals surface area contributed by atoms with Crippen LogP contribution >= 0.6 is 0 Å². The van der Waals surface area contributed by atoms with Crippen LogP contribution in [0.4, 0.5) is 4.79 Å². The highest BCUT2D eigenvalue weighted by molar-refractivity contribution is 5.74. The van der Waals surface area contributed by atoms with Gasteiger partial charge in [-0.05, 0) is 31.2 Å². The topological polar surface area (TPSA) is 64.6 Å². The summed E-state index contributed by atoms with van der Waals surface area (Å²) in [4.78, 5) is 14.3. The number of benzene rings is 1. The maximum atomic E-state index is 12.0. The molecular formula is C19H31N3O2. The number of rotatable bonds is 7. The molecule has 0 radical (unpaired) electrons. The maximum Gasteiger partial charge on any atom is 0.315 e. The van der Waals surface area contributed by atoms with Gasteiger partial charge in [-0.15, -0.1) is 0 Å². The number of nitrogens with one attached hydrogen (secondary N) is 2. The van der Waals surface area contributed by atoms with E-state index in [-0.39, 0.29) is 24.2 Å². The van der Waals surface area contributed by atoms with Crippen LogP contribution in [0.15, 0.2) is 30.3 Å². The first-order valence-electron chi connectivity index (χ1n) is 8.94. The molecule has 3 atom stereocenters. The second-order valence-corrected chi connectivity index (χ2v) is 7.34. The molecule has 1 aliphatic heterocycles. The Hall–Kier alpha value is -1.59. The Kier molecular flexibility index (Phi) is 7.06. The minimum absolute atomic E-state index is 0.121. The lowest BCUT2D eigenvalue weighted by Gasteiger charge is -2.25. The van der Waals surface area contributed by atoms with Crippen molar-refractivity contribution in [2.24, 2.45) is 5.92 Å². The van der Waals surface area contributed by atoms with Crippen LogP contribution in [0.5, 0.6) is 0 Å². The molecule has 1 fully saturated rings. The predicted octanol–water partition coefficient (Wildman–Crippen LogP) is 2.36. The van der Waals surface area contributed by atoms with Gasteiger partial charge in [0, 0.05) is 31.7 Å². The molecule has 1 heterocycles. The summed E-state index contributed by atoms with van der Waals surface area (Å²) in [5.74, 6) is 0.562. The third kappa shape index (κ3) is 6.13. The van der Waals surface area contributed by atoms with E-state index in [1.54, 1.807) is 0 Å². The van der Waals surface area contributed by atoms with E-state index in [9.17, 15) is 9.90 Å². The molecule has 1 aromatic rings. The molecule has 0 saturated carbocycles. The molecule has 3 N–H and O–H groups in total. The summed E-state index contributed by atoms with van der Waals surface area (Å²) in [7, 11) is 0. The summed E-state index contributed by atoms with van der Waals surface area (Å²) >= 11 is 0. The lowest BCUT2D eigenvalue weighted by molar-refractivity contribution is 0.172. The molecule has 1 aromatic carbocycles. The number of likely N-dealkylation sites (tertiary alicyclic amines) is 1. The zero-order valence-corrected chi connectivity index (χ0v) is 15.0. The van der Waals surface area contributed by atoms with Gasteiger partial charge in [0.25, 0.3) is 0 Å². The third-order valence-electron chi connectivity index (χ3n) is 4.43. The fourth-order valence-electron chi connectivity index (χ4n) is 3.43. The van der Waals surface area contributed by atoms with Crippen molar-refractivity contribution in [1.29, 1.82) is 0 Å². The molecule has 1 aliphatic rings. The maximum absolute atomic E-state index is 12.0. The molecule has 2 rings (SSSR count).